The molecule has 1 saturated heterocycles. The van der Waals surface area contributed by atoms with Gasteiger partial charge in [-0.2, -0.15) is 9.97 Å². The van der Waals surface area contributed by atoms with Crippen LogP contribution in [0.5, 0.6) is 6.01 Å². The van der Waals surface area contributed by atoms with Crippen molar-refractivity contribution in [2.75, 3.05) is 20.2 Å². The normalized spacial score (nSPS) is 24.4. The summed E-state index contributed by atoms with van der Waals surface area (Å²) in [5, 5.41) is 15.0. The van der Waals surface area contributed by atoms with Gasteiger partial charge in [-0.05, 0) is 38.3 Å². The number of β-amino-alcohol motifs (C(OH)–C–C–N with tert-alkyl or cyclic N) is 1. The fourth-order valence-electron chi connectivity index (χ4n) is 3.41. The number of methoxy groups -OCH3 is 1. The summed E-state index contributed by atoms with van der Waals surface area (Å²) >= 11 is 0. The van der Waals surface area contributed by atoms with Crippen molar-refractivity contribution in [3.8, 4) is 6.01 Å². The maximum Gasteiger partial charge on any atom is 0.316 e. The number of likely N-dealkylation sites (tertiary alicyclic amines) is 1. The molecule has 134 valence electrons. The van der Waals surface area contributed by atoms with Crippen molar-refractivity contribution in [3.63, 3.8) is 0 Å². The molecule has 1 aliphatic carbocycles. The second-order valence-electron chi connectivity index (χ2n) is 7.07. The number of hydrogen-bond acceptors (Lipinski definition) is 8. The Labute approximate surface area is 146 Å². The molecule has 0 amide bonds. The van der Waals surface area contributed by atoms with Crippen LogP contribution in [-0.2, 0) is 13.0 Å². The molecule has 1 atom stereocenters. The molecule has 2 fully saturated rings. The Morgan fingerprint density at radius 1 is 1.40 bits per heavy atom. The lowest BCUT2D eigenvalue weighted by atomic mass is 9.89. The molecule has 3 heterocycles. The summed E-state index contributed by atoms with van der Waals surface area (Å²) in [6, 6.07) is 2.24. The van der Waals surface area contributed by atoms with Crippen molar-refractivity contribution in [2.45, 2.75) is 50.2 Å². The van der Waals surface area contributed by atoms with Crippen molar-refractivity contribution in [3.05, 3.63) is 29.7 Å². The lowest BCUT2D eigenvalue weighted by Crippen LogP contribution is -2.49. The maximum absolute atomic E-state index is 11.0. The molecule has 0 radical (unpaired) electrons. The summed E-state index contributed by atoms with van der Waals surface area (Å²) in [5.41, 5.74) is 0.0350. The highest BCUT2D eigenvalue weighted by Crippen LogP contribution is 2.38. The summed E-state index contributed by atoms with van der Waals surface area (Å²) in [6.45, 7) is 2.13. The van der Waals surface area contributed by atoms with E-state index in [-0.39, 0.29) is 0 Å². The molecule has 0 spiro atoms. The van der Waals surface area contributed by atoms with Crippen molar-refractivity contribution in [1.29, 1.82) is 0 Å². The predicted molar refractivity (Wildman–Crippen MR) is 88.0 cm³/mol. The van der Waals surface area contributed by atoms with Crippen LogP contribution in [0.4, 0.5) is 0 Å². The Balaban J connectivity index is 1.40. The van der Waals surface area contributed by atoms with Crippen molar-refractivity contribution < 1.29 is 14.4 Å². The monoisotopic (exact) mass is 345 g/mol. The average Bonchev–Trinajstić information content (AvgIpc) is 3.35. The van der Waals surface area contributed by atoms with Crippen LogP contribution >= 0.6 is 0 Å². The van der Waals surface area contributed by atoms with Gasteiger partial charge in [0.05, 0.1) is 24.8 Å². The van der Waals surface area contributed by atoms with Gasteiger partial charge in [0.2, 0.25) is 5.89 Å². The fourth-order valence-corrected chi connectivity index (χ4v) is 3.41. The molecule has 4 rings (SSSR count). The van der Waals surface area contributed by atoms with E-state index in [1.165, 1.54) is 0 Å². The van der Waals surface area contributed by atoms with E-state index in [1.54, 1.807) is 13.3 Å². The predicted octanol–water partition coefficient (Wildman–Crippen LogP) is 1.32. The minimum Gasteiger partial charge on any atom is -0.467 e. The minimum atomic E-state index is -0.845. The van der Waals surface area contributed by atoms with Gasteiger partial charge < -0.3 is 14.4 Å². The number of nitrogens with zero attached hydrogens (tertiary/aromatic N) is 5. The minimum absolute atomic E-state index is 0.364. The molecular formula is C17H23N5O3. The first kappa shape index (κ1) is 16.4. The van der Waals surface area contributed by atoms with E-state index in [4.69, 9.17) is 9.26 Å². The third kappa shape index (κ3) is 3.96. The number of aromatic nitrogens is 4. The van der Waals surface area contributed by atoms with Crippen LogP contribution in [0, 0.1) is 0 Å². The number of aliphatic hydroxyl groups is 1. The van der Waals surface area contributed by atoms with Crippen molar-refractivity contribution in [1.82, 2.24) is 25.0 Å². The topological polar surface area (TPSA) is 97.4 Å². The summed E-state index contributed by atoms with van der Waals surface area (Å²) < 4.78 is 10.4. The van der Waals surface area contributed by atoms with E-state index < -0.39 is 5.60 Å². The first-order chi connectivity index (χ1) is 12.1. The van der Waals surface area contributed by atoms with Crippen molar-refractivity contribution in [2.24, 2.45) is 0 Å². The quantitative estimate of drug-likeness (QED) is 0.837. The van der Waals surface area contributed by atoms with Crippen LogP contribution in [0.25, 0.3) is 0 Å². The molecule has 1 saturated carbocycles. The Kier molecular flexibility index (Phi) is 4.39. The zero-order chi connectivity index (χ0) is 17.3. The lowest BCUT2D eigenvalue weighted by molar-refractivity contribution is -0.0376. The fraction of sp³-hybridized carbons (Fsp3) is 0.647. The van der Waals surface area contributed by atoms with E-state index in [0.29, 0.717) is 37.3 Å². The second kappa shape index (κ2) is 6.68. The standard InChI is InChI=1S/C17H23N5O3/c1-24-16-18-7-5-13(19-16)10-22-8-2-6-17(23,11-22)9-14-20-15(21-25-14)12-3-4-12/h5,7,12,23H,2-4,6,8-11H2,1H3. The van der Waals surface area contributed by atoms with E-state index >= 15 is 0 Å². The SMILES string of the molecule is COc1nccc(CN2CCCC(O)(Cc3nc(C4CC4)no3)C2)n1. The number of hydrogen-bond donors (Lipinski definition) is 1. The molecular weight excluding hydrogens is 322 g/mol. The molecule has 2 aliphatic rings. The first-order valence-electron chi connectivity index (χ1n) is 8.77. The highest BCUT2D eigenvalue weighted by Gasteiger charge is 2.36. The third-order valence-corrected chi connectivity index (χ3v) is 4.80. The molecule has 8 heteroatoms. The van der Waals surface area contributed by atoms with Crippen LogP contribution < -0.4 is 4.74 Å². The van der Waals surface area contributed by atoms with Crippen LogP contribution in [0.3, 0.4) is 0 Å². The van der Waals surface area contributed by atoms with E-state index in [2.05, 4.69) is 25.0 Å². The van der Waals surface area contributed by atoms with Crippen molar-refractivity contribution >= 4 is 0 Å². The van der Waals surface area contributed by atoms with Gasteiger partial charge in [-0.25, -0.2) is 4.98 Å². The molecule has 2 aromatic heterocycles. The second-order valence-corrected chi connectivity index (χ2v) is 7.07. The van der Waals surface area contributed by atoms with E-state index in [9.17, 15) is 5.11 Å². The Bertz CT molecular complexity index is 733. The molecule has 8 nitrogen and oxygen atoms in total. The van der Waals surface area contributed by atoms with Gasteiger partial charge in [-0.15, -0.1) is 0 Å². The summed E-state index contributed by atoms with van der Waals surface area (Å²) in [4.78, 5) is 15.0. The Hall–Kier alpha value is -2.06. The highest BCUT2D eigenvalue weighted by molar-refractivity contribution is 5.07. The van der Waals surface area contributed by atoms with Gasteiger partial charge >= 0.3 is 6.01 Å². The largest absolute Gasteiger partial charge is 0.467 e. The Morgan fingerprint density at radius 3 is 3.08 bits per heavy atom. The van der Waals surface area contributed by atoms with Gasteiger partial charge in [0, 0.05) is 25.2 Å². The van der Waals surface area contributed by atoms with Crippen LogP contribution in [-0.4, -0.2) is 55.9 Å². The molecule has 2 aromatic rings. The zero-order valence-electron chi connectivity index (χ0n) is 14.4. The molecule has 1 aliphatic heterocycles. The lowest BCUT2D eigenvalue weighted by Gasteiger charge is -2.38. The molecule has 1 unspecified atom stereocenters. The summed E-state index contributed by atoms with van der Waals surface area (Å²) in [5.74, 6) is 1.79. The first-order valence-corrected chi connectivity index (χ1v) is 8.77. The summed E-state index contributed by atoms with van der Waals surface area (Å²) in [6.07, 6.45) is 6.02. The van der Waals surface area contributed by atoms with Gasteiger partial charge in [-0.3, -0.25) is 4.90 Å². The average molecular weight is 345 g/mol. The number of piperidine rings is 1. The van der Waals surface area contributed by atoms with Crippen LogP contribution in [0.15, 0.2) is 16.8 Å². The number of rotatable bonds is 6. The smallest absolute Gasteiger partial charge is 0.316 e. The molecule has 1 N–H and O–H groups in total. The molecule has 0 aromatic carbocycles. The van der Waals surface area contributed by atoms with Crippen LogP contribution in [0.1, 0.15) is 49.0 Å². The van der Waals surface area contributed by atoms with Gasteiger partial charge in [0.1, 0.15) is 0 Å². The molecule has 0 bridgehead atoms. The Morgan fingerprint density at radius 2 is 2.28 bits per heavy atom. The van der Waals surface area contributed by atoms with Gasteiger partial charge in [0.15, 0.2) is 5.82 Å². The van der Waals surface area contributed by atoms with Crippen LogP contribution in [0.2, 0.25) is 0 Å². The number of ether oxygens (including phenoxy) is 1. The maximum atomic E-state index is 11.0. The van der Waals surface area contributed by atoms with Gasteiger partial charge in [0.25, 0.3) is 0 Å². The highest BCUT2D eigenvalue weighted by atomic mass is 16.5. The summed E-state index contributed by atoms with van der Waals surface area (Å²) in [7, 11) is 1.55. The van der Waals surface area contributed by atoms with Gasteiger partial charge in [-0.1, -0.05) is 5.16 Å². The zero-order valence-corrected chi connectivity index (χ0v) is 14.4. The van der Waals surface area contributed by atoms with E-state index in [0.717, 1.165) is 43.7 Å². The van der Waals surface area contributed by atoms with E-state index in [1.807, 2.05) is 6.07 Å². The molecule has 25 heavy (non-hydrogen) atoms. The third-order valence-electron chi connectivity index (χ3n) is 4.80.